The molecule has 0 atom stereocenters. The van der Waals surface area contributed by atoms with Crippen molar-refractivity contribution in [3.05, 3.63) is 48.5 Å². The highest BCUT2D eigenvalue weighted by Gasteiger charge is 2.24. The van der Waals surface area contributed by atoms with E-state index in [1.165, 1.54) is 26.7 Å². The molecule has 2 amide bonds. The predicted octanol–water partition coefficient (Wildman–Crippen LogP) is 4.47. The Morgan fingerprint density at radius 2 is 1.00 bits per heavy atom. The van der Waals surface area contributed by atoms with Gasteiger partial charge in [0, 0.05) is 39.8 Å². The van der Waals surface area contributed by atoms with Crippen LogP contribution in [0.3, 0.4) is 0 Å². The zero-order valence-electron chi connectivity index (χ0n) is 27.5. The van der Waals surface area contributed by atoms with Gasteiger partial charge < -0.3 is 48.9 Å². The fourth-order valence-corrected chi connectivity index (χ4v) is 5.29. The molecule has 3 aliphatic rings. The molecular weight excluding hydrogens is 608 g/mol. The number of phenolic OH excluding ortho intramolecular Hbond substituents is 1. The molecule has 2 aromatic rings. The van der Waals surface area contributed by atoms with E-state index in [1.54, 1.807) is 24.3 Å². The molecule has 2 aromatic carbocycles. The van der Waals surface area contributed by atoms with E-state index >= 15 is 0 Å². The molecule has 0 bridgehead atoms. The Morgan fingerprint density at radius 3 is 1.38 bits per heavy atom. The maximum Gasteiger partial charge on any atom is 0.216 e. The first-order chi connectivity index (χ1) is 22.8. The molecule has 5 rings (SSSR count). The number of hydrogen-bond donors (Lipinski definition) is 3. The van der Waals surface area contributed by atoms with Crippen molar-refractivity contribution in [1.82, 2.24) is 10.6 Å². The first-order valence-electron chi connectivity index (χ1n) is 16.7. The van der Waals surface area contributed by atoms with Gasteiger partial charge in [-0.2, -0.15) is 0 Å². The van der Waals surface area contributed by atoms with E-state index in [1.807, 2.05) is 24.3 Å². The second-order valence-electron chi connectivity index (χ2n) is 11.9. The summed E-state index contributed by atoms with van der Waals surface area (Å²) in [6, 6.07) is 14.3. The third kappa shape index (κ3) is 14.4. The standard InChI is InChI=1S/C20H29NO5.C15H21NO5/c1-15(22)21-12-4-7-20-23-13-19(14-24-20)26-18-10-8-17(9-11-18)25-16-5-2-3-6-16;1-11(17)16-8-2-3-15-19-9-14(10-20-15)21-13-6-4-12(18)5-7-13/h8-11,16,19-20H,2-7,12-14H2,1H3,(H,21,22);4-7,14-15,18H,2-3,8-10H2,1H3,(H,16,17)/t19-,20+;14-,15+. The van der Waals surface area contributed by atoms with Gasteiger partial charge in [-0.15, -0.1) is 0 Å². The Hall–Kier alpha value is -3.58. The lowest BCUT2D eigenvalue weighted by atomic mass is 10.2. The zero-order valence-corrected chi connectivity index (χ0v) is 27.5. The summed E-state index contributed by atoms with van der Waals surface area (Å²) in [5, 5.41) is 14.7. The summed E-state index contributed by atoms with van der Waals surface area (Å²) in [6.45, 7) is 6.23. The minimum Gasteiger partial charge on any atom is -0.508 e. The van der Waals surface area contributed by atoms with Gasteiger partial charge in [-0.3, -0.25) is 9.59 Å². The molecule has 2 aliphatic heterocycles. The van der Waals surface area contributed by atoms with E-state index in [9.17, 15) is 14.7 Å². The van der Waals surface area contributed by atoms with Crippen LogP contribution in [0.4, 0.5) is 0 Å². The summed E-state index contributed by atoms with van der Waals surface area (Å²) < 4.78 is 40.1. The first-order valence-corrected chi connectivity index (χ1v) is 16.7. The van der Waals surface area contributed by atoms with Crippen LogP contribution in [-0.2, 0) is 28.5 Å². The molecule has 1 aliphatic carbocycles. The number of ether oxygens (including phenoxy) is 7. The number of carbonyl (C=O) groups is 2. The number of aromatic hydroxyl groups is 1. The molecule has 3 fully saturated rings. The summed E-state index contributed by atoms with van der Waals surface area (Å²) in [7, 11) is 0. The molecule has 0 aromatic heterocycles. The average molecular weight is 659 g/mol. The van der Waals surface area contributed by atoms with Gasteiger partial charge in [-0.05, 0) is 87.1 Å². The highest BCUT2D eigenvalue weighted by molar-refractivity contribution is 5.73. The Kier molecular flexibility index (Phi) is 15.4. The minimum absolute atomic E-state index is 0.0106. The molecule has 2 saturated heterocycles. The second kappa shape index (κ2) is 19.9. The van der Waals surface area contributed by atoms with Crippen LogP contribution >= 0.6 is 0 Å². The molecule has 0 spiro atoms. The van der Waals surface area contributed by atoms with E-state index in [4.69, 9.17) is 33.2 Å². The normalized spacial score (nSPS) is 22.8. The van der Waals surface area contributed by atoms with Crippen molar-refractivity contribution in [2.24, 2.45) is 0 Å². The van der Waals surface area contributed by atoms with Crippen LogP contribution in [-0.4, -0.2) is 87.3 Å². The third-order valence-electron chi connectivity index (χ3n) is 7.72. The molecule has 260 valence electrons. The Bertz CT molecular complexity index is 1170. The molecule has 47 heavy (non-hydrogen) atoms. The maximum absolute atomic E-state index is 10.8. The van der Waals surface area contributed by atoms with Gasteiger partial charge in [0.15, 0.2) is 12.6 Å². The van der Waals surface area contributed by atoms with Gasteiger partial charge in [-0.1, -0.05) is 0 Å². The van der Waals surface area contributed by atoms with Crippen molar-refractivity contribution in [2.45, 2.75) is 96.1 Å². The van der Waals surface area contributed by atoms with Crippen LogP contribution in [0.2, 0.25) is 0 Å². The molecule has 2 heterocycles. The second-order valence-corrected chi connectivity index (χ2v) is 11.9. The van der Waals surface area contributed by atoms with Gasteiger partial charge in [0.25, 0.3) is 0 Å². The number of benzene rings is 2. The van der Waals surface area contributed by atoms with Crippen molar-refractivity contribution >= 4 is 11.8 Å². The fourth-order valence-electron chi connectivity index (χ4n) is 5.29. The van der Waals surface area contributed by atoms with Crippen LogP contribution in [0.25, 0.3) is 0 Å². The lowest BCUT2D eigenvalue weighted by Gasteiger charge is -2.29. The summed E-state index contributed by atoms with van der Waals surface area (Å²) in [4.78, 5) is 21.5. The number of nitrogens with one attached hydrogen (secondary N) is 2. The maximum atomic E-state index is 10.8. The first kappa shape index (κ1) is 36.3. The summed E-state index contributed by atoms with van der Waals surface area (Å²) in [5.41, 5.74) is 0. The highest BCUT2D eigenvalue weighted by atomic mass is 16.7. The quantitative estimate of drug-likeness (QED) is 0.249. The van der Waals surface area contributed by atoms with E-state index < -0.39 is 0 Å². The Balaban J connectivity index is 0.000000218. The topological polar surface area (TPSA) is 143 Å². The number of carbonyl (C=O) groups excluding carboxylic acids is 2. The SMILES string of the molecule is CC(=O)NCCC[C@H]1OC[C@@H](Oc2ccc(O)cc2)CO1.CC(=O)NCCC[C@H]1OC[C@@H](Oc2ccc(OC3CCCC3)cc2)CO1. The average Bonchev–Trinajstić information content (AvgIpc) is 3.58. The fraction of sp³-hybridized carbons (Fsp3) is 0.600. The van der Waals surface area contributed by atoms with E-state index in [0.717, 1.165) is 50.0 Å². The van der Waals surface area contributed by atoms with Gasteiger partial charge in [0.05, 0.1) is 32.5 Å². The summed E-state index contributed by atoms with van der Waals surface area (Å²) in [6.07, 6.45) is 7.64. The highest BCUT2D eigenvalue weighted by Crippen LogP contribution is 2.26. The zero-order chi connectivity index (χ0) is 33.3. The molecule has 12 nitrogen and oxygen atoms in total. The molecule has 0 unspecified atom stereocenters. The Labute approximate surface area is 277 Å². The van der Waals surface area contributed by atoms with Crippen molar-refractivity contribution in [3.63, 3.8) is 0 Å². The van der Waals surface area contributed by atoms with E-state index in [2.05, 4.69) is 10.6 Å². The van der Waals surface area contributed by atoms with Gasteiger partial charge in [-0.25, -0.2) is 0 Å². The predicted molar refractivity (Wildman–Crippen MR) is 173 cm³/mol. The minimum atomic E-state index is -0.238. The Morgan fingerprint density at radius 1 is 0.638 bits per heavy atom. The van der Waals surface area contributed by atoms with Gasteiger partial charge in [0.1, 0.15) is 35.2 Å². The van der Waals surface area contributed by atoms with Crippen molar-refractivity contribution in [3.8, 4) is 23.0 Å². The van der Waals surface area contributed by atoms with Crippen LogP contribution in [0.1, 0.15) is 65.2 Å². The number of phenols is 1. The summed E-state index contributed by atoms with van der Waals surface area (Å²) in [5.74, 6) is 2.54. The van der Waals surface area contributed by atoms with E-state index in [0.29, 0.717) is 51.4 Å². The smallest absolute Gasteiger partial charge is 0.216 e. The summed E-state index contributed by atoms with van der Waals surface area (Å²) >= 11 is 0. The molecule has 3 N–H and O–H groups in total. The van der Waals surface area contributed by atoms with Crippen molar-refractivity contribution in [2.75, 3.05) is 39.5 Å². The molecule has 12 heteroatoms. The number of hydrogen-bond acceptors (Lipinski definition) is 10. The lowest BCUT2D eigenvalue weighted by Crippen LogP contribution is -2.39. The van der Waals surface area contributed by atoms with E-state index in [-0.39, 0.29) is 42.4 Å². The van der Waals surface area contributed by atoms with Crippen molar-refractivity contribution < 1.29 is 47.9 Å². The third-order valence-corrected chi connectivity index (χ3v) is 7.72. The van der Waals surface area contributed by atoms with Crippen LogP contribution in [0, 0.1) is 0 Å². The lowest BCUT2D eigenvalue weighted by molar-refractivity contribution is -0.213. The molecule has 1 saturated carbocycles. The van der Waals surface area contributed by atoms with Gasteiger partial charge >= 0.3 is 0 Å². The van der Waals surface area contributed by atoms with Crippen LogP contribution in [0.5, 0.6) is 23.0 Å². The number of amides is 2. The van der Waals surface area contributed by atoms with Crippen LogP contribution in [0.15, 0.2) is 48.5 Å². The van der Waals surface area contributed by atoms with Crippen molar-refractivity contribution in [1.29, 1.82) is 0 Å². The molecular formula is C35H50N2O10. The molecule has 0 radical (unpaired) electrons. The number of rotatable bonds is 14. The van der Waals surface area contributed by atoms with Crippen LogP contribution < -0.4 is 24.8 Å². The van der Waals surface area contributed by atoms with Gasteiger partial charge in [0.2, 0.25) is 11.8 Å². The monoisotopic (exact) mass is 658 g/mol. The largest absolute Gasteiger partial charge is 0.508 e.